The first kappa shape index (κ1) is 50.0. The van der Waals surface area contributed by atoms with E-state index >= 15 is 0 Å². The highest BCUT2D eigenvalue weighted by Crippen LogP contribution is 2.57. The first-order chi connectivity index (χ1) is 42.1. The molecule has 0 saturated carbocycles. The molecule has 2 heterocycles. The molecule has 6 nitrogen and oxygen atoms in total. The molecule has 13 aromatic rings. The van der Waals surface area contributed by atoms with E-state index in [1.807, 2.05) is 36.4 Å². The third-order valence-electron chi connectivity index (χ3n) is 19.0. The molecule has 11 aromatic carbocycles. The molecular weight excluding hydrogens is 1040 g/mol. The molecule has 5 aliphatic carbocycles. The zero-order valence-electron chi connectivity index (χ0n) is 48.1. The van der Waals surface area contributed by atoms with E-state index in [1.165, 1.54) is 89.0 Å². The minimum Gasteiger partial charge on any atom is -0.208 e. The highest BCUT2D eigenvalue weighted by atomic mass is 15.0. The Morgan fingerprint density at radius 3 is 0.919 bits per heavy atom. The summed E-state index contributed by atoms with van der Waals surface area (Å²) in [6.07, 6.45) is 0. The molecule has 2 aromatic heterocycles. The molecule has 6 heteroatoms. The number of fused-ring (bicyclic) bond motifs is 6. The van der Waals surface area contributed by atoms with Crippen molar-refractivity contribution in [2.24, 2.45) is 0 Å². The number of rotatable bonds is 8. The van der Waals surface area contributed by atoms with Gasteiger partial charge < -0.3 is 0 Å². The van der Waals surface area contributed by atoms with Crippen molar-refractivity contribution in [3.05, 3.63) is 310 Å². The van der Waals surface area contributed by atoms with E-state index in [0.29, 0.717) is 34.9 Å². The van der Waals surface area contributed by atoms with Crippen molar-refractivity contribution >= 4 is 0 Å². The monoisotopic (exact) mass is 1100 g/mol. The summed E-state index contributed by atoms with van der Waals surface area (Å²) in [6.45, 7) is 9.33. The van der Waals surface area contributed by atoms with Gasteiger partial charge in [-0.05, 0) is 137 Å². The molecule has 18 rings (SSSR count). The standard InChI is InChI=1S/C80H56N6/c1-79(2)67-31-15-13-27-57(67)59-37-33-51(45-69(59)79)49-23-17-25-53(41-49)75-81-73(47-19-7-5-8-20-47)83-77(85-75)55-35-39-63-65(43-55)71-61-29-11-12-30-62(61)72(63)66-44-56(36-40-64(66)71)78-84-74(48-21-9-6-10-22-48)82-76(86-78)54-26-18-24-50(42-54)52-34-38-60-58-28-14-16-32-68(58)80(3,4)70(60)46-52/h5-46,71-72H,1-4H3. The zero-order valence-corrected chi connectivity index (χ0v) is 48.1. The maximum absolute atomic E-state index is 5.35. The fourth-order valence-electron chi connectivity index (χ4n) is 14.6. The highest BCUT2D eigenvalue weighted by molar-refractivity contribution is 5.86. The Balaban J connectivity index is 0.741. The second-order valence-electron chi connectivity index (χ2n) is 24.6. The van der Waals surface area contributed by atoms with E-state index in [1.54, 1.807) is 0 Å². The van der Waals surface area contributed by atoms with E-state index in [4.69, 9.17) is 29.9 Å². The number of hydrogen-bond donors (Lipinski definition) is 0. The first-order valence-electron chi connectivity index (χ1n) is 29.8. The van der Waals surface area contributed by atoms with E-state index < -0.39 is 0 Å². The van der Waals surface area contributed by atoms with Crippen LogP contribution in [0.5, 0.6) is 0 Å². The van der Waals surface area contributed by atoms with Crippen molar-refractivity contribution in [1.29, 1.82) is 0 Å². The third-order valence-corrected chi connectivity index (χ3v) is 19.0. The van der Waals surface area contributed by atoms with Gasteiger partial charge in [-0.3, -0.25) is 0 Å². The summed E-state index contributed by atoms with van der Waals surface area (Å²) in [6, 6.07) is 92.0. The molecule has 2 bridgehead atoms. The van der Waals surface area contributed by atoms with Crippen molar-refractivity contribution in [3.63, 3.8) is 0 Å². The Bertz CT molecular complexity index is 4650. The van der Waals surface area contributed by atoms with Gasteiger partial charge in [-0.2, -0.15) is 0 Å². The van der Waals surface area contributed by atoms with Crippen molar-refractivity contribution in [3.8, 4) is 113 Å². The molecule has 2 unspecified atom stereocenters. The molecule has 0 radical (unpaired) electrons. The third kappa shape index (κ3) is 7.79. The first-order valence-corrected chi connectivity index (χ1v) is 29.8. The van der Waals surface area contributed by atoms with Crippen molar-refractivity contribution in [2.75, 3.05) is 0 Å². The number of hydrogen-bond acceptors (Lipinski definition) is 6. The SMILES string of the molecule is CC1(C)c2ccccc2-c2ccc(-c3cccc(-c4nc(-c5ccccc5)nc(-c5ccc6c(c5)C5c7ccccc7C6c6cc(-c7nc(-c8ccccc8)nc(-c8cccc(-c9ccc%10c(c9)C(C)(C)c9ccccc9-%10)c8)n7)ccc65)n4)c3)cc21. The van der Waals surface area contributed by atoms with Crippen molar-refractivity contribution in [2.45, 2.75) is 50.4 Å². The van der Waals surface area contributed by atoms with Gasteiger partial charge in [0.1, 0.15) is 0 Å². The largest absolute Gasteiger partial charge is 0.208 e. The van der Waals surface area contributed by atoms with E-state index in [2.05, 4.69) is 246 Å². The quantitative estimate of drug-likeness (QED) is 0.151. The zero-order chi connectivity index (χ0) is 57.4. The lowest BCUT2D eigenvalue weighted by Crippen LogP contribution is -2.27. The van der Waals surface area contributed by atoms with Gasteiger partial charge in [-0.1, -0.05) is 246 Å². The lowest BCUT2D eigenvalue weighted by molar-refractivity contribution is 0.660. The van der Waals surface area contributed by atoms with E-state index in [9.17, 15) is 0 Å². The van der Waals surface area contributed by atoms with Crippen molar-refractivity contribution in [1.82, 2.24) is 29.9 Å². The summed E-state index contributed by atoms with van der Waals surface area (Å²) >= 11 is 0. The van der Waals surface area contributed by atoms with Crippen LogP contribution in [0.2, 0.25) is 0 Å². The van der Waals surface area contributed by atoms with Gasteiger partial charge in [-0.15, -0.1) is 0 Å². The Kier molecular flexibility index (Phi) is 11.0. The van der Waals surface area contributed by atoms with Crippen LogP contribution in [0, 0.1) is 0 Å². The second-order valence-corrected chi connectivity index (χ2v) is 24.6. The van der Waals surface area contributed by atoms with Crippen LogP contribution in [-0.4, -0.2) is 29.9 Å². The number of aromatic nitrogens is 6. The minimum atomic E-state index is -0.104. The molecule has 0 amide bonds. The van der Waals surface area contributed by atoms with Gasteiger partial charge in [0.2, 0.25) is 0 Å². The number of benzene rings is 11. The topological polar surface area (TPSA) is 77.3 Å². The van der Waals surface area contributed by atoms with Crippen LogP contribution in [-0.2, 0) is 10.8 Å². The van der Waals surface area contributed by atoms with Crippen LogP contribution in [0.15, 0.2) is 255 Å². The van der Waals surface area contributed by atoms with Gasteiger partial charge in [-0.25, -0.2) is 29.9 Å². The average Bonchev–Trinajstić information content (AvgIpc) is 0.984. The van der Waals surface area contributed by atoms with Gasteiger partial charge in [0.05, 0.1) is 0 Å². The summed E-state index contributed by atoms with van der Waals surface area (Å²) < 4.78 is 0. The van der Waals surface area contributed by atoms with Crippen LogP contribution in [0.25, 0.3) is 113 Å². The molecule has 0 saturated heterocycles. The van der Waals surface area contributed by atoms with E-state index in [-0.39, 0.29) is 22.7 Å². The Morgan fingerprint density at radius 2 is 0.500 bits per heavy atom. The fraction of sp³-hybridized carbons (Fsp3) is 0.100. The molecule has 0 fully saturated rings. The minimum absolute atomic E-state index is 0.0117. The summed E-state index contributed by atoms with van der Waals surface area (Å²) in [4.78, 5) is 31.6. The molecule has 86 heavy (non-hydrogen) atoms. The molecule has 406 valence electrons. The van der Waals surface area contributed by atoms with Crippen molar-refractivity contribution < 1.29 is 0 Å². The summed E-state index contributed by atoms with van der Waals surface area (Å²) in [5.74, 6) is 3.78. The molecule has 0 N–H and O–H groups in total. The maximum atomic E-state index is 5.35. The maximum Gasteiger partial charge on any atom is 0.164 e. The second kappa shape index (κ2) is 19.0. The Hall–Kier alpha value is -10.6. The van der Waals surface area contributed by atoms with Gasteiger partial charge >= 0.3 is 0 Å². The fourth-order valence-corrected chi connectivity index (χ4v) is 14.6. The van der Waals surface area contributed by atoms with Crippen LogP contribution in [0.1, 0.15) is 95.2 Å². The van der Waals surface area contributed by atoms with Crippen LogP contribution in [0.3, 0.4) is 0 Å². The molecule has 2 atom stereocenters. The number of nitrogens with zero attached hydrogens (tertiary/aromatic N) is 6. The highest BCUT2D eigenvalue weighted by Gasteiger charge is 2.42. The summed E-state index contributed by atoms with van der Waals surface area (Å²) in [7, 11) is 0. The predicted octanol–water partition coefficient (Wildman–Crippen LogP) is 19.0. The van der Waals surface area contributed by atoms with E-state index in [0.717, 1.165) is 44.5 Å². The molecular formula is C80H56N6. The molecule has 0 aliphatic heterocycles. The van der Waals surface area contributed by atoms with Crippen LogP contribution >= 0.6 is 0 Å². The summed E-state index contributed by atoms with van der Waals surface area (Å²) in [5.41, 5.74) is 28.4. The average molecular weight is 1100 g/mol. The predicted molar refractivity (Wildman–Crippen MR) is 347 cm³/mol. The molecule has 0 spiro atoms. The Morgan fingerprint density at radius 1 is 0.209 bits per heavy atom. The normalized spacial score (nSPS) is 15.6. The Labute approximate surface area is 500 Å². The van der Waals surface area contributed by atoms with Gasteiger partial charge in [0, 0.05) is 56.0 Å². The van der Waals surface area contributed by atoms with Gasteiger partial charge in [0.25, 0.3) is 0 Å². The smallest absolute Gasteiger partial charge is 0.164 e. The summed E-state index contributed by atoms with van der Waals surface area (Å²) in [5, 5.41) is 0. The lowest BCUT2D eigenvalue weighted by Gasteiger charge is -2.42. The van der Waals surface area contributed by atoms with Gasteiger partial charge in [0.15, 0.2) is 34.9 Å². The van der Waals surface area contributed by atoms with Crippen LogP contribution < -0.4 is 0 Å². The molecule has 5 aliphatic rings. The lowest BCUT2D eigenvalue weighted by atomic mass is 9.61. The van der Waals surface area contributed by atoms with Crippen LogP contribution in [0.4, 0.5) is 0 Å².